The maximum atomic E-state index is 12.8. The van der Waals surface area contributed by atoms with E-state index in [1.54, 1.807) is 6.92 Å². The number of aryl methyl sites for hydroxylation is 2. The number of carbonyl (C=O) groups is 2. The first-order chi connectivity index (χ1) is 14.3. The van der Waals surface area contributed by atoms with Gasteiger partial charge in [0.15, 0.2) is 5.78 Å². The zero-order valence-corrected chi connectivity index (χ0v) is 20.0. The quantitative estimate of drug-likeness (QED) is 0.499. The van der Waals surface area contributed by atoms with Gasteiger partial charge in [0.1, 0.15) is 5.78 Å². The average molecular weight is 409 g/mol. The molecule has 3 rings (SSSR count). The topological polar surface area (TPSA) is 34.1 Å². The maximum absolute atomic E-state index is 12.8. The molecule has 1 aliphatic rings. The Kier molecular flexibility index (Phi) is 10.7. The fourth-order valence-corrected chi connectivity index (χ4v) is 4.22. The molecular formula is C28H40O2. The molecule has 1 aliphatic carbocycles. The van der Waals surface area contributed by atoms with E-state index in [4.69, 9.17) is 0 Å². The number of fused-ring (bicyclic) bond motifs is 1. The minimum absolute atomic E-state index is 0.0191. The van der Waals surface area contributed by atoms with Crippen LogP contribution in [0.15, 0.2) is 48.5 Å². The molecular weight excluding hydrogens is 368 g/mol. The molecule has 0 saturated carbocycles. The van der Waals surface area contributed by atoms with Crippen LogP contribution in [-0.2, 0) is 22.4 Å². The monoisotopic (exact) mass is 408 g/mol. The van der Waals surface area contributed by atoms with Crippen LogP contribution >= 0.6 is 0 Å². The average Bonchev–Trinajstić information content (AvgIpc) is 2.75. The minimum Gasteiger partial charge on any atom is -0.299 e. The van der Waals surface area contributed by atoms with E-state index in [2.05, 4.69) is 64.1 Å². The third-order valence-electron chi connectivity index (χ3n) is 5.98. The van der Waals surface area contributed by atoms with Gasteiger partial charge in [-0.1, -0.05) is 89.6 Å². The Morgan fingerprint density at radius 2 is 1.57 bits per heavy atom. The van der Waals surface area contributed by atoms with Crippen molar-refractivity contribution >= 4 is 11.6 Å². The van der Waals surface area contributed by atoms with Gasteiger partial charge in [-0.3, -0.25) is 9.59 Å². The number of rotatable bonds is 4. The lowest BCUT2D eigenvalue weighted by molar-refractivity contribution is -0.141. The number of Topliss-reactive ketones (excluding diaryl/α,β-unsaturated/α-hetero) is 2. The van der Waals surface area contributed by atoms with E-state index < -0.39 is 5.41 Å². The summed E-state index contributed by atoms with van der Waals surface area (Å²) in [5, 5.41) is 0. The molecule has 0 spiro atoms. The first kappa shape index (κ1) is 25.8. The maximum Gasteiger partial charge on any atom is 0.154 e. The van der Waals surface area contributed by atoms with E-state index in [0.717, 1.165) is 12.8 Å². The molecule has 0 fully saturated rings. The lowest BCUT2D eigenvalue weighted by Crippen LogP contribution is -2.46. The Morgan fingerprint density at radius 3 is 2.00 bits per heavy atom. The van der Waals surface area contributed by atoms with Crippen LogP contribution in [0, 0.1) is 12.3 Å². The van der Waals surface area contributed by atoms with Gasteiger partial charge in [0.2, 0.25) is 0 Å². The molecule has 0 N–H and O–H groups in total. The molecule has 0 bridgehead atoms. The van der Waals surface area contributed by atoms with E-state index in [1.807, 2.05) is 26.0 Å². The molecule has 30 heavy (non-hydrogen) atoms. The van der Waals surface area contributed by atoms with Crippen molar-refractivity contribution in [2.45, 2.75) is 86.5 Å². The number of benzene rings is 2. The van der Waals surface area contributed by atoms with Crippen LogP contribution in [0.4, 0.5) is 0 Å². The van der Waals surface area contributed by atoms with Crippen LogP contribution in [0.1, 0.15) is 89.0 Å². The summed E-state index contributed by atoms with van der Waals surface area (Å²) in [6, 6.07) is 16.6. The van der Waals surface area contributed by atoms with Crippen molar-refractivity contribution in [3.63, 3.8) is 0 Å². The van der Waals surface area contributed by atoms with Crippen LogP contribution in [0.3, 0.4) is 0 Å². The van der Waals surface area contributed by atoms with Crippen LogP contribution in [0.5, 0.6) is 0 Å². The Hall–Kier alpha value is -2.22. The predicted octanol–water partition coefficient (Wildman–Crippen LogP) is 7.26. The van der Waals surface area contributed by atoms with Gasteiger partial charge < -0.3 is 0 Å². The third kappa shape index (κ3) is 5.90. The summed E-state index contributed by atoms with van der Waals surface area (Å²) < 4.78 is 0. The van der Waals surface area contributed by atoms with Crippen LogP contribution in [0.25, 0.3) is 0 Å². The molecule has 0 aliphatic heterocycles. The second kappa shape index (κ2) is 12.5. The molecule has 2 atom stereocenters. The molecule has 2 heteroatoms. The largest absolute Gasteiger partial charge is 0.299 e. The lowest BCUT2D eigenvalue weighted by atomic mass is 9.61. The van der Waals surface area contributed by atoms with E-state index in [0.29, 0.717) is 12.8 Å². The highest BCUT2D eigenvalue weighted by atomic mass is 16.2. The Labute approximate surface area is 184 Å². The number of hydrogen-bond donors (Lipinski definition) is 0. The van der Waals surface area contributed by atoms with Crippen LogP contribution < -0.4 is 0 Å². The predicted molar refractivity (Wildman–Crippen MR) is 128 cm³/mol. The summed E-state index contributed by atoms with van der Waals surface area (Å²) in [6.07, 6.45) is 4.34. The van der Waals surface area contributed by atoms with Gasteiger partial charge >= 0.3 is 0 Å². The number of carbonyl (C=O) groups excluding carboxylic acids is 2. The number of hydrogen-bond acceptors (Lipinski definition) is 2. The van der Waals surface area contributed by atoms with E-state index >= 15 is 0 Å². The van der Waals surface area contributed by atoms with E-state index in [-0.39, 0.29) is 17.5 Å². The second-order valence-corrected chi connectivity index (χ2v) is 8.19. The van der Waals surface area contributed by atoms with Crippen LogP contribution in [-0.4, -0.2) is 11.6 Å². The molecule has 0 aromatic heterocycles. The molecule has 0 amide bonds. The van der Waals surface area contributed by atoms with Crippen molar-refractivity contribution in [1.29, 1.82) is 0 Å². The van der Waals surface area contributed by atoms with Gasteiger partial charge in [-0.2, -0.15) is 0 Å². The van der Waals surface area contributed by atoms with Crippen molar-refractivity contribution in [3.8, 4) is 0 Å². The van der Waals surface area contributed by atoms with Crippen molar-refractivity contribution < 1.29 is 9.59 Å². The fraction of sp³-hybridized carbons (Fsp3) is 0.500. The molecule has 0 saturated heterocycles. The van der Waals surface area contributed by atoms with Gasteiger partial charge in [0, 0.05) is 5.92 Å². The normalized spacial score (nSPS) is 19.6. The van der Waals surface area contributed by atoms with Gasteiger partial charge in [-0.25, -0.2) is 0 Å². The molecule has 164 valence electrons. The zero-order valence-electron chi connectivity index (χ0n) is 20.0. The van der Waals surface area contributed by atoms with Gasteiger partial charge in [-0.15, -0.1) is 0 Å². The van der Waals surface area contributed by atoms with Gasteiger partial charge in [-0.05, 0) is 61.8 Å². The van der Waals surface area contributed by atoms with Crippen LogP contribution in [0.2, 0.25) is 0 Å². The van der Waals surface area contributed by atoms with Crippen molar-refractivity contribution in [2.24, 2.45) is 5.41 Å². The second-order valence-electron chi connectivity index (χ2n) is 8.19. The standard InChI is InChI=1S/C17H22O2.C8H10.C3H8/c1-5-14-15-11(3)8-7-9-13(15)10-17(6-2,12(4)18)16(14)19;1-2-8-6-4-3-5-7-8;1-3-2/h7-9,14H,5-6,10H2,1-4H3;3-7H,2H2,1H3;3H2,1-2H3. The minimum atomic E-state index is -0.790. The highest BCUT2D eigenvalue weighted by molar-refractivity contribution is 6.10. The molecule has 2 aromatic rings. The van der Waals surface area contributed by atoms with Crippen molar-refractivity contribution in [2.75, 3.05) is 0 Å². The smallest absolute Gasteiger partial charge is 0.154 e. The zero-order chi connectivity index (χ0) is 22.7. The summed E-state index contributed by atoms with van der Waals surface area (Å²) in [5.41, 5.74) is 4.14. The first-order valence-electron chi connectivity index (χ1n) is 11.5. The van der Waals surface area contributed by atoms with Crippen molar-refractivity contribution in [1.82, 2.24) is 0 Å². The fourth-order valence-electron chi connectivity index (χ4n) is 4.22. The lowest BCUT2D eigenvalue weighted by Gasteiger charge is -2.39. The third-order valence-corrected chi connectivity index (χ3v) is 5.98. The molecule has 2 nitrogen and oxygen atoms in total. The number of ketones is 2. The SMILES string of the molecule is CCC.CCC1C(=O)C(CC)(C(C)=O)Cc2cccc(C)c21.CCc1ccccc1. The van der Waals surface area contributed by atoms with E-state index in [9.17, 15) is 9.59 Å². The highest BCUT2D eigenvalue weighted by Gasteiger charge is 2.48. The Morgan fingerprint density at radius 1 is 0.967 bits per heavy atom. The molecule has 2 unspecified atom stereocenters. The molecule has 0 heterocycles. The molecule has 2 aromatic carbocycles. The summed E-state index contributed by atoms with van der Waals surface area (Å²) in [5.74, 6) is 0.0335. The Bertz CT molecular complexity index is 807. The summed E-state index contributed by atoms with van der Waals surface area (Å²) in [7, 11) is 0. The summed E-state index contributed by atoms with van der Waals surface area (Å²) >= 11 is 0. The molecule has 0 radical (unpaired) electrons. The van der Waals surface area contributed by atoms with E-state index in [1.165, 1.54) is 28.7 Å². The summed E-state index contributed by atoms with van der Waals surface area (Å²) in [4.78, 5) is 24.9. The van der Waals surface area contributed by atoms with Gasteiger partial charge in [0.25, 0.3) is 0 Å². The highest BCUT2D eigenvalue weighted by Crippen LogP contribution is 2.44. The van der Waals surface area contributed by atoms with Crippen molar-refractivity contribution in [3.05, 3.63) is 70.8 Å². The summed E-state index contributed by atoms with van der Waals surface area (Å²) in [6.45, 7) is 14.0. The first-order valence-corrected chi connectivity index (χ1v) is 11.5. The van der Waals surface area contributed by atoms with Gasteiger partial charge in [0.05, 0.1) is 5.41 Å². The Balaban J connectivity index is 0.000000338.